The van der Waals surface area contributed by atoms with Gasteiger partial charge in [-0.15, -0.1) is 10.2 Å². The summed E-state index contributed by atoms with van der Waals surface area (Å²) in [5, 5.41) is 17.8. The lowest BCUT2D eigenvalue weighted by Crippen LogP contribution is -2.35. The molecular weight excluding hydrogens is 340 g/mol. The molecule has 1 atom stereocenters. The molecule has 0 radical (unpaired) electrons. The SMILES string of the molecule is CCn1cc(CN2CCC[C@H](c3nnc(Cn4cccn4)n3C)C2)c(C)n1. The van der Waals surface area contributed by atoms with Crippen molar-refractivity contribution in [1.82, 2.24) is 39.2 Å². The summed E-state index contributed by atoms with van der Waals surface area (Å²) < 4.78 is 6.06. The Balaban J connectivity index is 1.45. The van der Waals surface area contributed by atoms with Crippen LogP contribution in [0, 0.1) is 6.92 Å². The maximum Gasteiger partial charge on any atom is 0.154 e. The zero-order valence-corrected chi connectivity index (χ0v) is 16.4. The number of nitrogens with zero attached hydrogens (tertiary/aromatic N) is 8. The van der Waals surface area contributed by atoms with E-state index < -0.39 is 0 Å². The molecular formula is C19H28N8. The molecule has 0 unspecified atom stereocenters. The van der Waals surface area contributed by atoms with Crippen molar-refractivity contribution in [3.8, 4) is 0 Å². The Morgan fingerprint density at radius 1 is 1.19 bits per heavy atom. The number of aryl methyl sites for hydroxylation is 2. The third-order valence-corrected chi connectivity index (χ3v) is 5.50. The lowest BCUT2D eigenvalue weighted by Gasteiger charge is -2.32. The van der Waals surface area contributed by atoms with Crippen LogP contribution in [0.15, 0.2) is 24.7 Å². The topological polar surface area (TPSA) is 69.6 Å². The fraction of sp³-hybridized carbons (Fsp3) is 0.579. The third-order valence-electron chi connectivity index (χ3n) is 5.50. The zero-order valence-electron chi connectivity index (χ0n) is 16.4. The van der Waals surface area contributed by atoms with E-state index in [1.165, 1.54) is 12.0 Å². The van der Waals surface area contributed by atoms with E-state index in [2.05, 4.69) is 57.0 Å². The fourth-order valence-electron chi connectivity index (χ4n) is 3.93. The predicted octanol–water partition coefficient (Wildman–Crippen LogP) is 1.96. The van der Waals surface area contributed by atoms with Gasteiger partial charge in [0.25, 0.3) is 0 Å². The number of hydrogen-bond acceptors (Lipinski definition) is 5. The Kier molecular flexibility index (Phi) is 5.07. The monoisotopic (exact) mass is 368 g/mol. The van der Waals surface area contributed by atoms with Crippen LogP contribution in [0.1, 0.15) is 48.6 Å². The van der Waals surface area contributed by atoms with Gasteiger partial charge in [-0.2, -0.15) is 10.2 Å². The van der Waals surface area contributed by atoms with Crippen LogP contribution in [0.5, 0.6) is 0 Å². The number of piperidine rings is 1. The van der Waals surface area contributed by atoms with Gasteiger partial charge in [0, 0.05) is 56.8 Å². The van der Waals surface area contributed by atoms with Gasteiger partial charge in [-0.1, -0.05) is 0 Å². The Hall–Kier alpha value is -2.48. The van der Waals surface area contributed by atoms with Crippen molar-refractivity contribution in [2.75, 3.05) is 13.1 Å². The van der Waals surface area contributed by atoms with Gasteiger partial charge in [0.2, 0.25) is 0 Å². The first-order valence-electron chi connectivity index (χ1n) is 9.75. The predicted molar refractivity (Wildman–Crippen MR) is 102 cm³/mol. The molecule has 0 saturated carbocycles. The summed E-state index contributed by atoms with van der Waals surface area (Å²) in [6.07, 6.45) is 8.28. The third kappa shape index (κ3) is 3.80. The summed E-state index contributed by atoms with van der Waals surface area (Å²) in [6, 6.07) is 1.93. The molecule has 8 nitrogen and oxygen atoms in total. The molecule has 1 aliphatic rings. The molecule has 0 spiro atoms. The number of rotatable bonds is 6. The number of likely N-dealkylation sites (tertiary alicyclic amines) is 1. The van der Waals surface area contributed by atoms with E-state index >= 15 is 0 Å². The zero-order chi connectivity index (χ0) is 18.8. The maximum atomic E-state index is 4.58. The summed E-state index contributed by atoms with van der Waals surface area (Å²) in [6.45, 7) is 8.91. The lowest BCUT2D eigenvalue weighted by atomic mass is 9.96. The molecule has 1 saturated heterocycles. The van der Waals surface area contributed by atoms with E-state index in [0.717, 1.165) is 49.9 Å². The van der Waals surface area contributed by atoms with Crippen LogP contribution in [0.3, 0.4) is 0 Å². The van der Waals surface area contributed by atoms with Crippen LogP contribution in [0.4, 0.5) is 0 Å². The second-order valence-electron chi connectivity index (χ2n) is 7.41. The van der Waals surface area contributed by atoms with Crippen molar-refractivity contribution in [2.45, 2.75) is 52.2 Å². The van der Waals surface area contributed by atoms with Gasteiger partial charge in [0.1, 0.15) is 12.4 Å². The van der Waals surface area contributed by atoms with Crippen molar-refractivity contribution in [3.05, 3.63) is 47.6 Å². The molecule has 1 aliphatic heterocycles. The average Bonchev–Trinajstić information content (AvgIpc) is 3.39. The van der Waals surface area contributed by atoms with Crippen LogP contribution in [0.25, 0.3) is 0 Å². The average molecular weight is 368 g/mol. The van der Waals surface area contributed by atoms with Crippen molar-refractivity contribution >= 4 is 0 Å². The maximum absolute atomic E-state index is 4.58. The number of hydrogen-bond donors (Lipinski definition) is 0. The molecule has 0 aliphatic carbocycles. The van der Waals surface area contributed by atoms with Crippen LogP contribution in [-0.4, -0.2) is 52.3 Å². The lowest BCUT2D eigenvalue weighted by molar-refractivity contribution is 0.194. The summed E-state index contributed by atoms with van der Waals surface area (Å²) in [5.74, 6) is 2.46. The Morgan fingerprint density at radius 2 is 2.07 bits per heavy atom. The summed E-state index contributed by atoms with van der Waals surface area (Å²) in [4.78, 5) is 2.53. The van der Waals surface area contributed by atoms with Gasteiger partial charge in [-0.25, -0.2) is 0 Å². The van der Waals surface area contributed by atoms with Gasteiger partial charge in [-0.3, -0.25) is 14.3 Å². The molecule has 8 heteroatoms. The quantitative estimate of drug-likeness (QED) is 0.665. The second kappa shape index (κ2) is 7.64. The van der Waals surface area contributed by atoms with Gasteiger partial charge < -0.3 is 4.57 Å². The van der Waals surface area contributed by atoms with Crippen LogP contribution in [0.2, 0.25) is 0 Å². The highest BCUT2D eigenvalue weighted by atomic mass is 15.3. The molecule has 0 amide bonds. The van der Waals surface area contributed by atoms with Crippen molar-refractivity contribution in [3.63, 3.8) is 0 Å². The highest BCUT2D eigenvalue weighted by molar-refractivity contribution is 5.16. The van der Waals surface area contributed by atoms with Gasteiger partial charge >= 0.3 is 0 Å². The Morgan fingerprint density at radius 3 is 2.81 bits per heavy atom. The highest BCUT2D eigenvalue weighted by Gasteiger charge is 2.26. The summed E-state index contributed by atoms with van der Waals surface area (Å²) >= 11 is 0. The molecule has 0 aromatic carbocycles. The van der Waals surface area contributed by atoms with E-state index in [0.29, 0.717) is 12.5 Å². The van der Waals surface area contributed by atoms with E-state index in [1.807, 2.05) is 21.6 Å². The fourth-order valence-corrected chi connectivity index (χ4v) is 3.93. The van der Waals surface area contributed by atoms with E-state index in [1.54, 1.807) is 6.20 Å². The smallest absolute Gasteiger partial charge is 0.154 e. The second-order valence-corrected chi connectivity index (χ2v) is 7.41. The van der Waals surface area contributed by atoms with Crippen molar-refractivity contribution in [2.24, 2.45) is 7.05 Å². The van der Waals surface area contributed by atoms with Crippen molar-refractivity contribution < 1.29 is 0 Å². The Labute approximate surface area is 159 Å². The van der Waals surface area contributed by atoms with E-state index in [-0.39, 0.29) is 0 Å². The van der Waals surface area contributed by atoms with Crippen LogP contribution >= 0.6 is 0 Å². The molecule has 4 heterocycles. The first-order chi connectivity index (χ1) is 13.1. The molecule has 27 heavy (non-hydrogen) atoms. The molecule has 3 aromatic heterocycles. The first-order valence-corrected chi connectivity index (χ1v) is 9.75. The largest absolute Gasteiger partial charge is 0.316 e. The molecule has 144 valence electrons. The molecule has 3 aromatic rings. The van der Waals surface area contributed by atoms with Gasteiger partial charge in [0.05, 0.1) is 5.69 Å². The van der Waals surface area contributed by atoms with E-state index in [4.69, 9.17) is 0 Å². The van der Waals surface area contributed by atoms with Crippen LogP contribution in [-0.2, 0) is 26.7 Å². The van der Waals surface area contributed by atoms with Crippen molar-refractivity contribution in [1.29, 1.82) is 0 Å². The van der Waals surface area contributed by atoms with E-state index in [9.17, 15) is 0 Å². The molecule has 0 N–H and O–H groups in total. The molecule has 0 bridgehead atoms. The summed E-state index contributed by atoms with van der Waals surface area (Å²) in [5.41, 5.74) is 2.47. The van der Waals surface area contributed by atoms with Gasteiger partial charge in [0.15, 0.2) is 5.82 Å². The minimum absolute atomic E-state index is 0.421. The summed E-state index contributed by atoms with van der Waals surface area (Å²) in [7, 11) is 2.07. The minimum atomic E-state index is 0.421. The molecule has 4 rings (SSSR count). The Bertz CT molecular complexity index is 876. The van der Waals surface area contributed by atoms with Gasteiger partial charge in [-0.05, 0) is 39.3 Å². The highest BCUT2D eigenvalue weighted by Crippen LogP contribution is 2.27. The first kappa shape index (κ1) is 17.9. The number of aromatic nitrogens is 7. The molecule has 1 fully saturated rings. The normalized spacial score (nSPS) is 18.3. The minimum Gasteiger partial charge on any atom is -0.316 e. The van der Waals surface area contributed by atoms with Crippen LogP contribution < -0.4 is 0 Å². The standard InChI is InChI=1S/C19H28N8/c1-4-26-13-17(15(2)23-26)12-25-9-5-7-16(11-25)19-22-21-18(24(19)3)14-27-10-6-8-20-27/h6,8,10,13,16H,4-5,7,9,11-12,14H2,1-3H3/t16-/m0/s1.